The summed E-state index contributed by atoms with van der Waals surface area (Å²) in [6.45, 7) is 3.47. The summed E-state index contributed by atoms with van der Waals surface area (Å²) in [6, 6.07) is 0. The molecule has 0 aromatic rings. The third-order valence-corrected chi connectivity index (χ3v) is 2.00. The Balaban J connectivity index is 3.56. The Morgan fingerprint density at radius 3 is 2.42 bits per heavy atom. The second-order valence-corrected chi connectivity index (χ2v) is 3.11. The third-order valence-electron chi connectivity index (χ3n) is 2.00. The summed E-state index contributed by atoms with van der Waals surface area (Å²) in [7, 11) is 3.81. The molecule has 72 valence electrons. The molecule has 0 amide bonds. The zero-order valence-corrected chi connectivity index (χ0v) is 8.31. The summed E-state index contributed by atoms with van der Waals surface area (Å²) in [5.74, 6) is 0.490. The number of hydrogen-bond donors (Lipinski definition) is 2. The molecule has 1 atom stereocenters. The van der Waals surface area contributed by atoms with Gasteiger partial charge in [0.25, 0.3) is 0 Å². The second kappa shape index (κ2) is 7.25. The van der Waals surface area contributed by atoms with Crippen LogP contribution in [0.1, 0.15) is 19.8 Å². The molecule has 0 aromatic heterocycles. The summed E-state index contributed by atoms with van der Waals surface area (Å²) in [5.41, 5.74) is 0. The van der Waals surface area contributed by atoms with Crippen molar-refractivity contribution in [3.8, 4) is 0 Å². The van der Waals surface area contributed by atoms with Gasteiger partial charge in [0.05, 0.1) is 0 Å². The fourth-order valence-electron chi connectivity index (χ4n) is 1.22. The Bertz CT molecular complexity index is 126. The van der Waals surface area contributed by atoms with Crippen molar-refractivity contribution in [3.63, 3.8) is 0 Å². The highest BCUT2D eigenvalue weighted by Gasteiger charge is 2.11. The quantitative estimate of drug-likeness (QED) is 0.547. The maximum absolute atomic E-state index is 11.1. The smallest absolute Gasteiger partial charge is 0.134 e. The molecule has 0 aliphatic carbocycles. The lowest BCUT2D eigenvalue weighted by Gasteiger charge is -2.12. The highest BCUT2D eigenvalue weighted by molar-refractivity contribution is 5.78. The van der Waals surface area contributed by atoms with Gasteiger partial charge in [0.1, 0.15) is 5.78 Å². The predicted octanol–water partition coefficient (Wildman–Crippen LogP) is 0.411. The van der Waals surface area contributed by atoms with Crippen LogP contribution in [0.15, 0.2) is 0 Å². The maximum atomic E-state index is 11.1. The first-order chi connectivity index (χ1) is 5.72. The van der Waals surface area contributed by atoms with Crippen LogP contribution in [0.4, 0.5) is 0 Å². The SMILES string of the molecule is CNCCC[C@H](CNC)C(C)=O. The van der Waals surface area contributed by atoms with E-state index in [1.54, 1.807) is 6.92 Å². The van der Waals surface area contributed by atoms with E-state index < -0.39 is 0 Å². The minimum atomic E-state index is 0.198. The van der Waals surface area contributed by atoms with E-state index in [1.165, 1.54) is 0 Å². The van der Waals surface area contributed by atoms with Crippen molar-refractivity contribution < 1.29 is 4.79 Å². The van der Waals surface area contributed by atoms with Crippen molar-refractivity contribution in [3.05, 3.63) is 0 Å². The number of Topliss-reactive ketones (excluding diaryl/α,β-unsaturated/α-hetero) is 1. The van der Waals surface area contributed by atoms with E-state index >= 15 is 0 Å². The van der Waals surface area contributed by atoms with Crippen molar-refractivity contribution in [2.45, 2.75) is 19.8 Å². The molecule has 0 saturated carbocycles. The van der Waals surface area contributed by atoms with Gasteiger partial charge in [-0.25, -0.2) is 0 Å². The summed E-state index contributed by atoms with van der Waals surface area (Å²) < 4.78 is 0. The van der Waals surface area contributed by atoms with Crippen molar-refractivity contribution >= 4 is 5.78 Å². The van der Waals surface area contributed by atoms with Crippen LogP contribution in [0.3, 0.4) is 0 Å². The lowest BCUT2D eigenvalue weighted by molar-refractivity contribution is -0.120. The molecular formula is C9H20N2O. The molecule has 0 rings (SSSR count). The fourth-order valence-corrected chi connectivity index (χ4v) is 1.22. The predicted molar refractivity (Wildman–Crippen MR) is 51.3 cm³/mol. The summed E-state index contributed by atoms with van der Waals surface area (Å²) in [4.78, 5) is 11.1. The maximum Gasteiger partial charge on any atom is 0.134 e. The van der Waals surface area contributed by atoms with Gasteiger partial charge in [-0.15, -0.1) is 0 Å². The minimum absolute atomic E-state index is 0.198. The van der Waals surface area contributed by atoms with Gasteiger partial charge in [-0.3, -0.25) is 4.79 Å². The summed E-state index contributed by atoms with van der Waals surface area (Å²) in [6.07, 6.45) is 2.05. The van der Waals surface area contributed by atoms with Gasteiger partial charge >= 0.3 is 0 Å². The molecule has 3 nitrogen and oxygen atoms in total. The highest BCUT2D eigenvalue weighted by atomic mass is 16.1. The van der Waals surface area contributed by atoms with Crippen molar-refractivity contribution in [2.75, 3.05) is 27.2 Å². The van der Waals surface area contributed by atoms with E-state index in [0.29, 0.717) is 5.78 Å². The van der Waals surface area contributed by atoms with Gasteiger partial charge in [0, 0.05) is 12.5 Å². The monoisotopic (exact) mass is 172 g/mol. The molecule has 2 N–H and O–H groups in total. The summed E-state index contributed by atoms with van der Waals surface area (Å²) in [5, 5.41) is 6.11. The van der Waals surface area contributed by atoms with Gasteiger partial charge in [-0.05, 0) is 40.4 Å². The van der Waals surface area contributed by atoms with E-state index in [1.807, 2.05) is 14.1 Å². The fraction of sp³-hybridized carbons (Fsp3) is 0.889. The Labute approximate surface area is 74.9 Å². The van der Waals surface area contributed by atoms with Gasteiger partial charge in [0.15, 0.2) is 0 Å². The van der Waals surface area contributed by atoms with Crippen LogP contribution in [-0.2, 0) is 4.79 Å². The average molecular weight is 172 g/mol. The summed E-state index contributed by atoms with van der Waals surface area (Å²) >= 11 is 0. The Morgan fingerprint density at radius 2 is 2.00 bits per heavy atom. The standard InChI is InChI=1S/C9H20N2O/c1-8(12)9(7-11-3)5-4-6-10-2/h9-11H,4-7H2,1-3H3/t9-/m1/s1. The largest absolute Gasteiger partial charge is 0.320 e. The Morgan fingerprint density at radius 1 is 1.33 bits per heavy atom. The average Bonchev–Trinajstić information content (AvgIpc) is 2.03. The van der Waals surface area contributed by atoms with Gasteiger partial charge in [-0.2, -0.15) is 0 Å². The van der Waals surface area contributed by atoms with Crippen LogP contribution in [0.5, 0.6) is 0 Å². The minimum Gasteiger partial charge on any atom is -0.320 e. The van der Waals surface area contributed by atoms with Crippen molar-refractivity contribution in [1.29, 1.82) is 0 Å². The third kappa shape index (κ3) is 5.27. The van der Waals surface area contributed by atoms with Crippen LogP contribution >= 0.6 is 0 Å². The Kier molecular flexibility index (Phi) is 7.00. The zero-order valence-electron chi connectivity index (χ0n) is 8.31. The molecule has 12 heavy (non-hydrogen) atoms. The van der Waals surface area contributed by atoms with Crippen LogP contribution in [0.2, 0.25) is 0 Å². The normalized spacial score (nSPS) is 12.9. The molecule has 0 aliphatic rings. The lowest BCUT2D eigenvalue weighted by Crippen LogP contribution is -2.25. The topological polar surface area (TPSA) is 41.1 Å². The Hall–Kier alpha value is -0.410. The molecule has 0 bridgehead atoms. The second-order valence-electron chi connectivity index (χ2n) is 3.11. The van der Waals surface area contributed by atoms with Gasteiger partial charge in [0.2, 0.25) is 0 Å². The number of carbonyl (C=O) groups excluding carboxylic acids is 1. The molecule has 0 spiro atoms. The van der Waals surface area contributed by atoms with E-state index in [9.17, 15) is 4.79 Å². The van der Waals surface area contributed by atoms with Crippen LogP contribution in [0, 0.1) is 5.92 Å². The number of rotatable bonds is 7. The van der Waals surface area contributed by atoms with Crippen molar-refractivity contribution in [1.82, 2.24) is 10.6 Å². The molecule has 0 fully saturated rings. The first-order valence-electron chi connectivity index (χ1n) is 4.52. The van der Waals surface area contributed by atoms with Gasteiger partial charge < -0.3 is 10.6 Å². The number of ketones is 1. The van der Waals surface area contributed by atoms with Gasteiger partial charge in [-0.1, -0.05) is 0 Å². The molecule has 3 heteroatoms. The molecule has 0 saturated heterocycles. The van der Waals surface area contributed by atoms with E-state index in [0.717, 1.165) is 25.9 Å². The zero-order chi connectivity index (χ0) is 9.40. The first kappa shape index (κ1) is 11.6. The lowest BCUT2D eigenvalue weighted by atomic mass is 9.99. The number of hydrogen-bond acceptors (Lipinski definition) is 3. The van der Waals surface area contributed by atoms with Crippen LogP contribution in [-0.4, -0.2) is 33.0 Å². The van der Waals surface area contributed by atoms with Crippen LogP contribution < -0.4 is 10.6 Å². The van der Waals surface area contributed by atoms with Crippen molar-refractivity contribution in [2.24, 2.45) is 5.92 Å². The van der Waals surface area contributed by atoms with E-state index in [-0.39, 0.29) is 5.92 Å². The molecule has 0 unspecified atom stereocenters. The molecule has 0 heterocycles. The molecule has 0 radical (unpaired) electrons. The number of nitrogens with one attached hydrogen (secondary N) is 2. The molecule has 0 aliphatic heterocycles. The van der Waals surface area contributed by atoms with Crippen LogP contribution in [0.25, 0.3) is 0 Å². The van der Waals surface area contributed by atoms with E-state index in [2.05, 4.69) is 10.6 Å². The van der Waals surface area contributed by atoms with E-state index in [4.69, 9.17) is 0 Å². The first-order valence-corrected chi connectivity index (χ1v) is 4.52. The molecular weight excluding hydrogens is 152 g/mol. The number of carbonyl (C=O) groups is 1. The molecule has 0 aromatic carbocycles. The highest BCUT2D eigenvalue weighted by Crippen LogP contribution is 2.05.